The molecule has 0 N–H and O–H groups in total. The Labute approximate surface area is 125 Å². The first-order valence-electron chi connectivity index (χ1n) is 6.47. The van der Waals surface area contributed by atoms with Gasteiger partial charge in [-0.1, -0.05) is 24.3 Å². The summed E-state index contributed by atoms with van der Waals surface area (Å²) >= 11 is 0. The van der Waals surface area contributed by atoms with Crippen LogP contribution >= 0.6 is 0 Å². The van der Waals surface area contributed by atoms with Crippen LogP contribution < -0.4 is 4.74 Å². The molecule has 0 radical (unpaired) electrons. The highest BCUT2D eigenvalue weighted by atomic mass is 16.6. The first kappa shape index (κ1) is 13.7. The van der Waals surface area contributed by atoms with Gasteiger partial charge in [0.25, 0.3) is 11.6 Å². The molecule has 0 amide bonds. The SMILES string of the molecule is O=[N+]([O-])c1cccc(OCc2nnc(-c3ccccc3)o2)c1. The highest BCUT2D eigenvalue weighted by Gasteiger charge is 2.10. The molecule has 3 aromatic rings. The van der Waals surface area contributed by atoms with Crippen LogP contribution in [0.4, 0.5) is 5.69 Å². The summed E-state index contributed by atoms with van der Waals surface area (Å²) in [4.78, 5) is 10.2. The predicted molar refractivity (Wildman–Crippen MR) is 77.2 cm³/mol. The fourth-order valence-corrected chi connectivity index (χ4v) is 1.84. The number of benzene rings is 2. The average molecular weight is 297 g/mol. The molecule has 110 valence electrons. The Balaban J connectivity index is 1.69. The van der Waals surface area contributed by atoms with E-state index in [-0.39, 0.29) is 12.3 Å². The number of aromatic nitrogens is 2. The van der Waals surface area contributed by atoms with Gasteiger partial charge in [0.05, 0.1) is 11.0 Å². The van der Waals surface area contributed by atoms with Crippen LogP contribution in [0.5, 0.6) is 5.75 Å². The van der Waals surface area contributed by atoms with E-state index in [0.29, 0.717) is 17.5 Å². The van der Waals surface area contributed by atoms with Crippen molar-refractivity contribution in [3.8, 4) is 17.2 Å². The van der Waals surface area contributed by atoms with E-state index in [0.717, 1.165) is 5.56 Å². The molecule has 0 saturated heterocycles. The molecule has 1 aromatic heterocycles. The van der Waals surface area contributed by atoms with Crippen molar-refractivity contribution in [2.45, 2.75) is 6.61 Å². The zero-order valence-electron chi connectivity index (χ0n) is 11.4. The monoisotopic (exact) mass is 297 g/mol. The van der Waals surface area contributed by atoms with E-state index in [9.17, 15) is 10.1 Å². The third-order valence-electron chi connectivity index (χ3n) is 2.88. The van der Waals surface area contributed by atoms with Gasteiger partial charge in [0.15, 0.2) is 6.61 Å². The third kappa shape index (κ3) is 3.09. The van der Waals surface area contributed by atoms with Crippen LogP contribution in [-0.4, -0.2) is 15.1 Å². The standard InChI is InChI=1S/C15H11N3O4/c19-18(20)12-7-4-8-13(9-12)21-10-14-16-17-15(22-14)11-5-2-1-3-6-11/h1-9H,10H2. The molecule has 7 nitrogen and oxygen atoms in total. The van der Waals surface area contributed by atoms with E-state index in [1.807, 2.05) is 30.3 Å². The molecule has 0 spiro atoms. The van der Waals surface area contributed by atoms with Gasteiger partial charge in [-0.25, -0.2) is 0 Å². The molecule has 7 heteroatoms. The van der Waals surface area contributed by atoms with E-state index >= 15 is 0 Å². The van der Waals surface area contributed by atoms with E-state index in [2.05, 4.69) is 10.2 Å². The van der Waals surface area contributed by atoms with Crippen molar-refractivity contribution in [2.75, 3.05) is 0 Å². The molecule has 0 atom stereocenters. The lowest BCUT2D eigenvalue weighted by atomic mass is 10.2. The Bertz CT molecular complexity index is 786. The predicted octanol–water partition coefficient (Wildman–Crippen LogP) is 3.22. The second-order valence-corrected chi connectivity index (χ2v) is 4.41. The first-order chi connectivity index (χ1) is 10.7. The van der Waals surface area contributed by atoms with Crippen LogP contribution in [0.25, 0.3) is 11.5 Å². The zero-order chi connectivity index (χ0) is 15.4. The topological polar surface area (TPSA) is 91.3 Å². The van der Waals surface area contributed by atoms with Crippen molar-refractivity contribution < 1.29 is 14.1 Å². The summed E-state index contributed by atoms with van der Waals surface area (Å²) in [5, 5.41) is 18.5. The lowest BCUT2D eigenvalue weighted by Crippen LogP contribution is -1.96. The number of non-ortho nitro benzene ring substituents is 1. The number of nitro benzene ring substituents is 1. The van der Waals surface area contributed by atoms with Crippen LogP contribution in [0.2, 0.25) is 0 Å². The van der Waals surface area contributed by atoms with Gasteiger partial charge in [0.1, 0.15) is 5.75 Å². The maximum Gasteiger partial charge on any atom is 0.273 e. The number of ether oxygens (including phenoxy) is 1. The van der Waals surface area contributed by atoms with Gasteiger partial charge < -0.3 is 9.15 Å². The van der Waals surface area contributed by atoms with E-state index in [4.69, 9.17) is 9.15 Å². The van der Waals surface area contributed by atoms with Crippen molar-refractivity contribution in [3.05, 3.63) is 70.6 Å². The zero-order valence-corrected chi connectivity index (χ0v) is 11.4. The molecule has 0 unspecified atom stereocenters. The molecule has 22 heavy (non-hydrogen) atoms. The van der Waals surface area contributed by atoms with Crippen LogP contribution in [-0.2, 0) is 6.61 Å². The largest absolute Gasteiger partial charge is 0.484 e. The summed E-state index contributed by atoms with van der Waals surface area (Å²) in [6.07, 6.45) is 0. The van der Waals surface area contributed by atoms with E-state index < -0.39 is 4.92 Å². The molecule has 0 bridgehead atoms. The summed E-state index contributed by atoms with van der Waals surface area (Å²) in [6.45, 7) is 0.0427. The molecule has 2 aromatic carbocycles. The Morgan fingerprint density at radius 3 is 2.68 bits per heavy atom. The maximum absolute atomic E-state index is 10.7. The summed E-state index contributed by atoms with van der Waals surface area (Å²) < 4.78 is 10.9. The number of nitro groups is 1. The Morgan fingerprint density at radius 2 is 1.91 bits per heavy atom. The second kappa shape index (κ2) is 6.04. The average Bonchev–Trinajstić information content (AvgIpc) is 3.03. The van der Waals surface area contributed by atoms with Gasteiger partial charge in [0, 0.05) is 11.6 Å². The van der Waals surface area contributed by atoms with Crippen molar-refractivity contribution in [1.29, 1.82) is 0 Å². The Hall–Kier alpha value is -3.22. The van der Waals surface area contributed by atoms with Gasteiger partial charge in [-0.15, -0.1) is 10.2 Å². The minimum Gasteiger partial charge on any atom is -0.484 e. The normalized spacial score (nSPS) is 10.4. The number of hydrogen-bond donors (Lipinski definition) is 0. The van der Waals surface area contributed by atoms with Crippen molar-refractivity contribution >= 4 is 5.69 Å². The van der Waals surface area contributed by atoms with Gasteiger partial charge in [0.2, 0.25) is 5.89 Å². The molecule has 1 heterocycles. The van der Waals surface area contributed by atoms with Crippen molar-refractivity contribution in [2.24, 2.45) is 0 Å². The third-order valence-corrected chi connectivity index (χ3v) is 2.88. The molecule has 0 fully saturated rings. The van der Waals surface area contributed by atoms with Crippen LogP contribution in [0.15, 0.2) is 59.0 Å². The first-order valence-corrected chi connectivity index (χ1v) is 6.47. The molecule has 0 aliphatic heterocycles. The van der Waals surface area contributed by atoms with Crippen LogP contribution in [0.3, 0.4) is 0 Å². The highest BCUT2D eigenvalue weighted by molar-refractivity contribution is 5.51. The smallest absolute Gasteiger partial charge is 0.273 e. The number of nitrogens with zero attached hydrogens (tertiary/aromatic N) is 3. The quantitative estimate of drug-likeness (QED) is 0.530. The molecular weight excluding hydrogens is 286 g/mol. The Kier molecular flexibility index (Phi) is 3.78. The molecule has 0 saturated carbocycles. The fraction of sp³-hybridized carbons (Fsp3) is 0.0667. The number of hydrogen-bond acceptors (Lipinski definition) is 6. The lowest BCUT2D eigenvalue weighted by Gasteiger charge is -2.02. The Morgan fingerprint density at radius 1 is 1.09 bits per heavy atom. The second-order valence-electron chi connectivity index (χ2n) is 4.41. The fourth-order valence-electron chi connectivity index (χ4n) is 1.84. The summed E-state index contributed by atoms with van der Waals surface area (Å²) in [5.74, 6) is 1.07. The summed E-state index contributed by atoms with van der Waals surface area (Å²) in [7, 11) is 0. The number of rotatable bonds is 5. The molecular formula is C15H11N3O4. The summed E-state index contributed by atoms with van der Waals surface area (Å²) in [5.41, 5.74) is 0.782. The molecule has 0 aliphatic rings. The van der Waals surface area contributed by atoms with Gasteiger partial charge >= 0.3 is 0 Å². The minimum atomic E-state index is -0.479. The van der Waals surface area contributed by atoms with Gasteiger partial charge in [-0.05, 0) is 18.2 Å². The molecule has 0 aliphatic carbocycles. The maximum atomic E-state index is 10.7. The lowest BCUT2D eigenvalue weighted by molar-refractivity contribution is -0.384. The van der Waals surface area contributed by atoms with Crippen molar-refractivity contribution in [1.82, 2.24) is 10.2 Å². The molecule has 3 rings (SSSR count). The van der Waals surface area contributed by atoms with Gasteiger partial charge in [-0.2, -0.15) is 0 Å². The van der Waals surface area contributed by atoms with Crippen LogP contribution in [0, 0.1) is 10.1 Å². The van der Waals surface area contributed by atoms with Crippen molar-refractivity contribution in [3.63, 3.8) is 0 Å². The minimum absolute atomic E-state index is 0.0343. The van der Waals surface area contributed by atoms with E-state index in [1.54, 1.807) is 12.1 Å². The summed E-state index contributed by atoms with van der Waals surface area (Å²) in [6, 6.07) is 15.3. The highest BCUT2D eigenvalue weighted by Crippen LogP contribution is 2.21. The van der Waals surface area contributed by atoms with E-state index in [1.165, 1.54) is 12.1 Å². The van der Waals surface area contributed by atoms with Crippen LogP contribution in [0.1, 0.15) is 5.89 Å². The van der Waals surface area contributed by atoms with Gasteiger partial charge in [-0.3, -0.25) is 10.1 Å².